The number of pyridine rings is 1. The fraction of sp³-hybridized carbons (Fsp3) is 0.533. The molecule has 4 heterocycles. The number of aromatic nitrogens is 2. The molecule has 10 heteroatoms. The average molecular weight is 568 g/mol. The summed E-state index contributed by atoms with van der Waals surface area (Å²) >= 11 is 0. The third-order valence-electron chi connectivity index (χ3n) is 8.37. The van der Waals surface area contributed by atoms with Gasteiger partial charge in [0.1, 0.15) is 0 Å². The van der Waals surface area contributed by atoms with Gasteiger partial charge < -0.3 is 19.6 Å². The highest BCUT2D eigenvalue weighted by atomic mass is 32.2. The fourth-order valence-electron chi connectivity index (χ4n) is 6.03. The molecule has 2 saturated heterocycles. The highest BCUT2D eigenvalue weighted by Crippen LogP contribution is 2.29. The summed E-state index contributed by atoms with van der Waals surface area (Å²) in [6.45, 7) is 12.7. The molecule has 3 aromatic rings. The molecule has 2 N–H and O–H groups in total. The molecule has 0 bridgehead atoms. The Morgan fingerprint density at radius 1 is 1.10 bits per heavy atom. The van der Waals surface area contributed by atoms with E-state index in [0.29, 0.717) is 22.8 Å². The summed E-state index contributed by atoms with van der Waals surface area (Å²) in [4.78, 5) is 31.1. The second-order valence-corrected chi connectivity index (χ2v) is 12.6. The molecule has 0 saturated carbocycles. The summed E-state index contributed by atoms with van der Waals surface area (Å²) in [7, 11) is -0.955. The van der Waals surface area contributed by atoms with Crippen LogP contribution in [-0.4, -0.2) is 80.6 Å². The number of aromatic amines is 1. The van der Waals surface area contributed by atoms with Gasteiger partial charge in [-0.2, -0.15) is 0 Å². The van der Waals surface area contributed by atoms with E-state index in [1.165, 1.54) is 0 Å². The molecule has 2 fully saturated rings. The van der Waals surface area contributed by atoms with E-state index in [2.05, 4.69) is 30.1 Å². The number of morpholine rings is 1. The van der Waals surface area contributed by atoms with Gasteiger partial charge >= 0.3 is 0 Å². The molecular weight excluding hydrogens is 526 g/mol. The SMILES string of the molecule is Cc1cc(C)c(CNC(=O)c2c(C)n(CC3CCN(S(=O)CCN4CCOCC4)CC3)c3ccccc23)c(=O)[nH]1. The van der Waals surface area contributed by atoms with Crippen LogP contribution in [0.1, 0.15) is 45.7 Å². The maximum atomic E-state index is 13.5. The van der Waals surface area contributed by atoms with Crippen LogP contribution in [-0.2, 0) is 28.8 Å². The molecule has 0 radical (unpaired) electrons. The Kier molecular flexibility index (Phi) is 9.20. The number of nitrogens with one attached hydrogen (secondary N) is 2. The summed E-state index contributed by atoms with van der Waals surface area (Å²) < 4.78 is 22.8. The van der Waals surface area contributed by atoms with Crippen molar-refractivity contribution in [2.75, 3.05) is 51.7 Å². The van der Waals surface area contributed by atoms with Gasteiger partial charge in [0.2, 0.25) is 0 Å². The number of hydrogen-bond donors (Lipinski definition) is 2. The lowest BCUT2D eigenvalue weighted by Crippen LogP contribution is -2.42. The van der Waals surface area contributed by atoms with E-state index in [9.17, 15) is 13.8 Å². The van der Waals surface area contributed by atoms with E-state index in [0.717, 1.165) is 93.2 Å². The van der Waals surface area contributed by atoms with Crippen LogP contribution in [0, 0.1) is 26.7 Å². The standard InChI is InChI=1S/C30H41N5O4S/c1-21-18-22(2)32-29(36)26(21)19-31-30(37)28-23(3)35(27-7-5-4-6-25(27)28)20-24-8-10-34(11-9-24)40(38)17-14-33-12-15-39-16-13-33/h4-7,18,24H,8-17,19-20H2,1-3H3,(H,31,37)(H,32,36). The Labute approximate surface area is 238 Å². The molecule has 9 nitrogen and oxygen atoms in total. The van der Waals surface area contributed by atoms with Gasteiger partial charge in [0.25, 0.3) is 11.5 Å². The molecule has 5 rings (SSSR count). The minimum Gasteiger partial charge on any atom is -0.379 e. The first-order valence-corrected chi connectivity index (χ1v) is 15.6. The molecular formula is C30H41N5O4S. The Bertz CT molecular complexity index is 1430. The normalized spacial score (nSPS) is 18.3. The number of para-hydroxylation sites is 1. The number of nitrogens with zero attached hydrogens (tertiary/aromatic N) is 3. The lowest BCUT2D eigenvalue weighted by Gasteiger charge is -2.32. The summed E-state index contributed by atoms with van der Waals surface area (Å²) in [6, 6.07) is 9.96. The molecule has 0 spiro atoms. The zero-order valence-corrected chi connectivity index (χ0v) is 24.6. The second kappa shape index (κ2) is 12.8. The molecule has 2 aliphatic rings. The Hall–Kier alpha value is -2.79. The number of hydrogen-bond acceptors (Lipinski definition) is 5. The molecule has 1 amide bonds. The van der Waals surface area contributed by atoms with Gasteiger partial charge in [0.15, 0.2) is 0 Å². The van der Waals surface area contributed by atoms with Crippen molar-refractivity contribution in [3.63, 3.8) is 0 Å². The van der Waals surface area contributed by atoms with E-state index >= 15 is 0 Å². The second-order valence-electron chi connectivity index (χ2n) is 11.1. The molecule has 1 atom stereocenters. The molecule has 40 heavy (non-hydrogen) atoms. The van der Waals surface area contributed by atoms with Crippen molar-refractivity contribution in [1.82, 2.24) is 24.1 Å². The summed E-state index contributed by atoms with van der Waals surface area (Å²) in [5.41, 5.74) is 4.74. The number of benzene rings is 1. The highest BCUT2D eigenvalue weighted by Gasteiger charge is 2.26. The number of rotatable bonds is 9. The van der Waals surface area contributed by atoms with Crippen LogP contribution in [0.15, 0.2) is 35.1 Å². The lowest BCUT2D eigenvalue weighted by molar-refractivity contribution is 0.0408. The van der Waals surface area contributed by atoms with Crippen molar-refractivity contribution in [2.24, 2.45) is 5.92 Å². The quantitative estimate of drug-likeness (QED) is 0.414. The van der Waals surface area contributed by atoms with Crippen LogP contribution < -0.4 is 10.9 Å². The molecule has 1 aromatic carbocycles. The Balaban J connectivity index is 1.23. The van der Waals surface area contributed by atoms with E-state index in [1.54, 1.807) is 0 Å². The van der Waals surface area contributed by atoms with Crippen LogP contribution in [0.4, 0.5) is 0 Å². The lowest BCUT2D eigenvalue weighted by atomic mass is 9.98. The minimum absolute atomic E-state index is 0.162. The molecule has 1 unspecified atom stereocenters. The van der Waals surface area contributed by atoms with Crippen molar-refractivity contribution in [2.45, 2.75) is 46.7 Å². The Morgan fingerprint density at radius 2 is 1.82 bits per heavy atom. The summed E-state index contributed by atoms with van der Waals surface area (Å²) in [5.74, 6) is 0.961. The summed E-state index contributed by atoms with van der Waals surface area (Å²) in [6.07, 6.45) is 1.96. The number of ether oxygens (including phenoxy) is 1. The highest BCUT2D eigenvalue weighted by molar-refractivity contribution is 7.82. The first-order chi connectivity index (χ1) is 19.3. The van der Waals surface area contributed by atoms with Gasteiger partial charge in [-0.25, -0.2) is 8.51 Å². The van der Waals surface area contributed by atoms with Gasteiger partial charge in [0.05, 0.1) is 35.5 Å². The number of fused-ring (bicyclic) bond motifs is 1. The van der Waals surface area contributed by atoms with Crippen molar-refractivity contribution < 1.29 is 13.7 Å². The number of aryl methyl sites for hydroxylation is 2. The molecule has 2 aromatic heterocycles. The zero-order chi connectivity index (χ0) is 28.2. The molecule has 0 aliphatic carbocycles. The number of H-pyrrole nitrogens is 1. The third-order valence-corrected chi connectivity index (χ3v) is 9.84. The van der Waals surface area contributed by atoms with Gasteiger partial charge in [-0.15, -0.1) is 0 Å². The predicted molar refractivity (Wildman–Crippen MR) is 159 cm³/mol. The van der Waals surface area contributed by atoms with E-state index in [1.807, 2.05) is 45.0 Å². The van der Waals surface area contributed by atoms with Gasteiger partial charge in [0, 0.05) is 73.7 Å². The number of carbonyl (C=O) groups is 1. The molecule has 2 aliphatic heterocycles. The number of amides is 1. The van der Waals surface area contributed by atoms with Crippen LogP contribution in [0.25, 0.3) is 10.9 Å². The Morgan fingerprint density at radius 3 is 2.55 bits per heavy atom. The van der Waals surface area contributed by atoms with Crippen molar-refractivity contribution in [3.05, 3.63) is 68.8 Å². The van der Waals surface area contributed by atoms with Crippen molar-refractivity contribution >= 4 is 27.8 Å². The third kappa shape index (κ3) is 6.40. The maximum absolute atomic E-state index is 13.5. The van der Waals surface area contributed by atoms with Crippen molar-refractivity contribution in [3.8, 4) is 0 Å². The van der Waals surface area contributed by atoms with Crippen LogP contribution in [0.5, 0.6) is 0 Å². The first kappa shape index (κ1) is 28.7. The maximum Gasteiger partial charge on any atom is 0.254 e. The fourth-order valence-corrected chi connectivity index (χ4v) is 7.32. The largest absolute Gasteiger partial charge is 0.379 e. The van der Waals surface area contributed by atoms with Crippen LogP contribution in [0.3, 0.4) is 0 Å². The smallest absolute Gasteiger partial charge is 0.254 e. The van der Waals surface area contributed by atoms with E-state index in [4.69, 9.17) is 4.74 Å². The number of piperidine rings is 1. The first-order valence-electron chi connectivity index (χ1n) is 14.3. The van der Waals surface area contributed by atoms with Crippen LogP contribution in [0.2, 0.25) is 0 Å². The topological polar surface area (TPSA) is 99.7 Å². The predicted octanol–water partition coefficient (Wildman–Crippen LogP) is 2.89. The zero-order valence-electron chi connectivity index (χ0n) is 23.8. The average Bonchev–Trinajstić information content (AvgIpc) is 3.23. The van der Waals surface area contributed by atoms with E-state index in [-0.39, 0.29) is 18.0 Å². The van der Waals surface area contributed by atoms with E-state index < -0.39 is 11.0 Å². The van der Waals surface area contributed by atoms with Gasteiger partial charge in [-0.1, -0.05) is 18.2 Å². The molecule has 216 valence electrons. The minimum atomic E-state index is -0.955. The van der Waals surface area contributed by atoms with Crippen molar-refractivity contribution in [1.29, 1.82) is 0 Å². The van der Waals surface area contributed by atoms with Gasteiger partial charge in [-0.3, -0.25) is 14.5 Å². The van der Waals surface area contributed by atoms with Gasteiger partial charge in [-0.05, 0) is 57.2 Å². The summed E-state index contributed by atoms with van der Waals surface area (Å²) in [5, 5.41) is 3.92. The number of carbonyl (C=O) groups excluding carboxylic acids is 1. The van der Waals surface area contributed by atoms with Crippen LogP contribution >= 0.6 is 0 Å². The monoisotopic (exact) mass is 567 g/mol.